The van der Waals surface area contributed by atoms with Gasteiger partial charge in [-0.15, -0.1) is 0 Å². The maximum Gasteiger partial charge on any atom is 0.491 e. The fourth-order valence-electron chi connectivity index (χ4n) is 3.81. The predicted octanol–water partition coefficient (Wildman–Crippen LogP) is 2.11. The Morgan fingerprint density at radius 1 is 1.21 bits per heavy atom. The Labute approximate surface area is 185 Å². The van der Waals surface area contributed by atoms with E-state index in [4.69, 9.17) is 5.73 Å². The number of esters is 2. The summed E-state index contributed by atoms with van der Waals surface area (Å²) in [4.78, 5) is 32.7. The van der Waals surface area contributed by atoms with Gasteiger partial charge < -0.3 is 15.9 Å². The van der Waals surface area contributed by atoms with Crippen molar-refractivity contribution in [3.63, 3.8) is 0 Å². The van der Waals surface area contributed by atoms with Gasteiger partial charge in [0.1, 0.15) is 5.82 Å². The van der Waals surface area contributed by atoms with Gasteiger partial charge in [0, 0.05) is 18.3 Å². The second-order valence-electron chi connectivity index (χ2n) is 7.53. The summed E-state index contributed by atoms with van der Waals surface area (Å²) >= 11 is 0. The number of fused-ring (bicyclic) bond motifs is 2. The number of ether oxygens (including phenoxy) is 1. The van der Waals surface area contributed by atoms with Crippen molar-refractivity contribution < 1.29 is 31.9 Å². The highest BCUT2D eigenvalue weighted by Crippen LogP contribution is 2.37. The van der Waals surface area contributed by atoms with Crippen molar-refractivity contribution in [2.75, 3.05) is 13.1 Å². The molecule has 12 heteroatoms. The van der Waals surface area contributed by atoms with Crippen LogP contribution in [0.15, 0.2) is 36.0 Å². The van der Waals surface area contributed by atoms with Crippen LogP contribution < -0.4 is 11.2 Å². The van der Waals surface area contributed by atoms with Crippen LogP contribution in [0.5, 0.6) is 0 Å². The number of rotatable bonds is 5. The van der Waals surface area contributed by atoms with E-state index in [2.05, 4.69) is 20.1 Å². The van der Waals surface area contributed by atoms with E-state index in [-0.39, 0.29) is 13.1 Å². The van der Waals surface area contributed by atoms with Gasteiger partial charge in [-0.25, -0.2) is 29.0 Å². The van der Waals surface area contributed by atoms with Crippen molar-refractivity contribution in [2.45, 2.75) is 31.5 Å². The number of benzene rings is 1. The number of halogens is 4. The predicted molar refractivity (Wildman–Crippen MR) is 107 cm³/mol. The van der Waals surface area contributed by atoms with Crippen LogP contribution >= 0.6 is 0 Å². The third-order valence-electron chi connectivity index (χ3n) is 5.34. The molecule has 1 aliphatic carbocycles. The molecular weight excluding hydrogens is 446 g/mol. The van der Waals surface area contributed by atoms with Crippen molar-refractivity contribution in [3.8, 4) is 11.4 Å². The molecule has 0 fully saturated rings. The van der Waals surface area contributed by atoms with Gasteiger partial charge in [-0.3, -0.25) is 0 Å². The number of aromatic nitrogens is 2. The number of carbonyl (C=O) groups is 2. The molecule has 3 N–H and O–H groups in total. The topological polar surface area (TPSA) is 110 Å². The van der Waals surface area contributed by atoms with Crippen molar-refractivity contribution >= 4 is 17.6 Å². The zero-order chi connectivity index (χ0) is 23.8. The van der Waals surface area contributed by atoms with Gasteiger partial charge in [-0.1, -0.05) is 0 Å². The minimum Gasteiger partial charge on any atom is -0.385 e. The van der Waals surface area contributed by atoms with Crippen LogP contribution in [0.4, 0.5) is 17.6 Å². The maximum atomic E-state index is 13.3. The Bertz CT molecular complexity index is 1120. The molecule has 2 heterocycles. The Hall–Kier alpha value is -3.38. The molecule has 1 aromatic heterocycles. The standard InChI is InChI=1S/C21H19F4N5O3/c22-13-5-2-11(3-6-13)18-27-10-12-4-7-14-16(15(12)28-18)29-30(9-1-8-26)17(14)19(31)33-20(32)21(23,24)25/h2-3,5-6,10,17,29H,1,4,7-9,26H2. The average Bonchev–Trinajstić information content (AvgIpc) is 3.16. The van der Waals surface area contributed by atoms with Gasteiger partial charge in [0.25, 0.3) is 0 Å². The molecule has 174 valence electrons. The first-order valence-electron chi connectivity index (χ1n) is 10.1. The lowest BCUT2D eigenvalue weighted by molar-refractivity contribution is -0.203. The summed E-state index contributed by atoms with van der Waals surface area (Å²) in [5.74, 6) is -4.00. The van der Waals surface area contributed by atoms with Crippen molar-refractivity contribution in [3.05, 3.63) is 53.1 Å². The Morgan fingerprint density at radius 3 is 2.61 bits per heavy atom. The molecule has 2 aromatic rings. The first-order chi connectivity index (χ1) is 15.7. The number of hydrazine groups is 1. The molecule has 0 saturated carbocycles. The number of nitrogens with one attached hydrogen (secondary N) is 1. The lowest BCUT2D eigenvalue weighted by Gasteiger charge is -2.24. The van der Waals surface area contributed by atoms with Crippen LogP contribution in [0.1, 0.15) is 24.1 Å². The van der Waals surface area contributed by atoms with Crippen LogP contribution in [-0.2, 0) is 20.7 Å². The van der Waals surface area contributed by atoms with Gasteiger partial charge in [-0.2, -0.15) is 13.2 Å². The van der Waals surface area contributed by atoms with E-state index in [0.29, 0.717) is 47.6 Å². The summed E-state index contributed by atoms with van der Waals surface area (Å²) in [5.41, 5.74) is 11.3. The first-order valence-corrected chi connectivity index (χ1v) is 10.1. The Kier molecular flexibility index (Phi) is 6.13. The summed E-state index contributed by atoms with van der Waals surface area (Å²) in [7, 11) is 0. The van der Waals surface area contributed by atoms with Crippen LogP contribution in [0, 0.1) is 5.82 Å². The maximum absolute atomic E-state index is 13.3. The molecule has 1 atom stereocenters. The quantitative estimate of drug-likeness (QED) is 0.393. The van der Waals surface area contributed by atoms with Gasteiger partial charge in [0.05, 0.1) is 11.4 Å². The number of alkyl halides is 3. The second-order valence-corrected chi connectivity index (χ2v) is 7.53. The number of nitrogens with two attached hydrogens (primary N) is 1. The van der Waals surface area contributed by atoms with E-state index >= 15 is 0 Å². The first kappa shape index (κ1) is 22.8. The van der Waals surface area contributed by atoms with Crippen molar-refractivity contribution in [1.82, 2.24) is 20.4 Å². The zero-order valence-electron chi connectivity index (χ0n) is 17.2. The third-order valence-corrected chi connectivity index (χ3v) is 5.34. The van der Waals surface area contributed by atoms with E-state index in [1.165, 1.54) is 29.3 Å². The molecule has 8 nitrogen and oxygen atoms in total. The van der Waals surface area contributed by atoms with Gasteiger partial charge in [0.15, 0.2) is 11.9 Å². The van der Waals surface area contributed by atoms with Crippen LogP contribution in [0.25, 0.3) is 17.1 Å². The molecule has 33 heavy (non-hydrogen) atoms. The lowest BCUT2D eigenvalue weighted by atomic mass is 9.90. The number of carbonyl (C=O) groups excluding carboxylic acids is 2. The highest BCUT2D eigenvalue weighted by Gasteiger charge is 2.47. The van der Waals surface area contributed by atoms with E-state index in [0.717, 1.165) is 5.56 Å². The van der Waals surface area contributed by atoms with Gasteiger partial charge in [0.2, 0.25) is 0 Å². The molecule has 0 saturated heterocycles. The Balaban J connectivity index is 1.70. The smallest absolute Gasteiger partial charge is 0.385 e. The van der Waals surface area contributed by atoms with Crippen LogP contribution in [0.3, 0.4) is 0 Å². The number of hydrogen-bond acceptors (Lipinski definition) is 8. The molecule has 0 bridgehead atoms. The fourth-order valence-corrected chi connectivity index (χ4v) is 3.81. The molecule has 4 rings (SSSR count). The highest BCUT2D eigenvalue weighted by atomic mass is 19.4. The largest absolute Gasteiger partial charge is 0.491 e. The normalized spacial score (nSPS) is 17.9. The summed E-state index contributed by atoms with van der Waals surface area (Å²) in [6.07, 6.45) is -2.48. The molecule has 2 aliphatic rings. The van der Waals surface area contributed by atoms with Crippen molar-refractivity contribution in [2.24, 2.45) is 5.73 Å². The fraction of sp³-hybridized carbons (Fsp3) is 0.333. The monoisotopic (exact) mass is 465 g/mol. The molecule has 0 spiro atoms. The number of nitrogens with zero attached hydrogens (tertiary/aromatic N) is 3. The molecule has 0 amide bonds. The second kappa shape index (κ2) is 8.87. The van der Waals surface area contributed by atoms with Gasteiger partial charge >= 0.3 is 18.1 Å². The van der Waals surface area contributed by atoms with Crippen LogP contribution in [0.2, 0.25) is 0 Å². The zero-order valence-corrected chi connectivity index (χ0v) is 17.2. The Morgan fingerprint density at radius 2 is 1.94 bits per heavy atom. The molecule has 1 unspecified atom stereocenters. The summed E-state index contributed by atoms with van der Waals surface area (Å²) < 4.78 is 55.3. The summed E-state index contributed by atoms with van der Waals surface area (Å²) in [5, 5.41) is 1.40. The number of aryl methyl sites for hydroxylation is 1. The minimum atomic E-state index is -5.29. The van der Waals surface area contributed by atoms with Crippen molar-refractivity contribution in [1.29, 1.82) is 0 Å². The molecule has 1 aliphatic heterocycles. The molecular formula is C21H19F4N5O3. The van der Waals surface area contributed by atoms with E-state index in [1.807, 2.05) is 0 Å². The molecule has 1 aromatic carbocycles. The highest BCUT2D eigenvalue weighted by molar-refractivity contribution is 5.95. The summed E-state index contributed by atoms with van der Waals surface area (Å²) in [6.45, 7) is 0.494. The molecule has 0 radical (unpaired) electrons. The van der Waals surface area contributed by atoms with E-state index < -0.39 is 30.0 Å². The summed E-state index contributed by atoms with van der Waals surface area (Å²) in [6, 6.07) is 4.35. The number of hydrogen-bond donors (Lipinski definition) is 2. The lowest BCUT2D eigenvalue weighted by Crippen LogP contribution is -2.46. The third kappa shape index (κ3) is 4.57. The van der Waals surface area contributed by atoms with E-state index in [1.54, 1.807) is 6.20 Å². The minimum absolute atomic E-state index is 0.217. The average molecular weight is 465 g/mol. The SMILES string of the molecule is NCCCN1NC2=C(CCc3cnc(-c4ccc(F)cc4)nc32)C1C(=O)OC(=O)C(F)(F)F. The van der Waals surface area contributed by atoms with Gasteiger partial charge in [-0.05, 0) is 61.2 Å². The van der Waals surface area contributed by atoms with E-state index in [9.17, 15) is 27.2 Å². The van der Waals surface area contributed by atoms with Crippen LogP contribution in [-0.4, -0.2) is 52.2 Å².